The molecule has 1 aliphatic rings. The Morgan fingerprint density at radius 2 is 1.07 bits per heavy atom. The molecule has 9 heteroatoms. The van der Waals surface area contributed by atoms with Gasteiger partial charge in [-0.3, -0.25) is 4.79 Å². The van der Waals surface area contributed by atoms with Crippen LogP contribution in [0.1, 0.15) is 187 Å². The van der Waals surface area contributed by atoms with Crippen molar-refractivity contribution in [1.29, 1.82) is 0 Å². The van der Waals surface area contributed by atoms with Crippen LogP contribution >= 0.6 is 0 Å². The number of hydrogen-bond donors (Lipinski definition) is 6. The van der Waals surface area contributed by atoms with Crippen LogP contribution < -0.4 is 5.32 Å². The minimum atomic E-state index is -1.57. The van der Waals surface area contributed by atoms with Crippen LogP contribution in [-0.4, -0.2) is 87.5 Å². The van der Waals surface area contributed by atoms with Crippen molar-refractivity contribution in [3.05, 3.63) is 48.6 Å². The maximum Gasteiger partial charge on any atom is 0.220 e. The second-order valence-electron chi connectivity index (χ2n) is 15.9. The van der Waals surface area contributed by atoms with Gasteiger partial charge in [0.05, 0.1) is 25.4 Å². The van der Waals surface area contributed by atoms with E-state index in [1.807, 2.05) is 6.08 Å². The molecule has 0 bridgehead atoms. The first-order chi connectivity index (χ1) is 27.3. The van der Waals surface area contributed by atoms with E-state index in [0.29, 0.717) is 6.42 Å². The van der Waals surface area contributed by atoms with Crippen LogP contribution in [-0.2, 0) is 14.3 Å². The Morgan fingerprint density at radius 3 is 1.64 bits per heavy atom. The molecule has 1 amide bonds. The van der Waals surface area contributed by atoms with Crippen molar-refractivity contribution in [3.63, 3.8) is 0 Å². The number of ether oxygens (including phenoxy) is 2. The van der Waals surface area contributed by atoms with E-state index in [0.717, 1.165) is 64.2 Å². The summed E-state index contributed by atoms with van der Waals surface area (Å²) in [7, 11) is 0. The van der Waals surface area contributed by atoms with Crippen molar-refractivity contribution >= 4 is 5.91 Å². The van der Waals surface area contributed by atoms with Crippen molar-refractivity contribution in [2.75, 3.05) is 13.2 Å². The molecule has 326 valence electrons. The number of carbonyl (C=O) groups excluding carboxylic acids is 1. The number of carbonyl (C=O) groups is 1. The second kappa shape index (κ2) is 37.4. The van der Waals surface area contributed by atoms with Gasteiger partial charge in [-0.25, -0.2) is 0 Å². The molecule has 0 aromatic heterocycles. The Kier molecular flexibility index (Phi) is 34.9. The fraction of sp³-hybridized carbons (Fsp3) is 0.809. The van der Waals surface area contributed by atoms with Gasteiger partial charge in [0, 0.05) is 6.42 Å². The summed E-state index contributed by atoms with van der Waals surface area (Å²) in [5.41, 5.74) is 0. The van der Waals surface area contributed by atoms with Gasteiger partial charge < -0.3 is 40.3 Å². The summed E-state index contributed by atoms with van der Waals surface area (Å²) < 4.78 is 11.2. The average molecular weight is 792 g/mol. The fourth-order valence-corrected chi connectivity index (χ4v) is 6.93. The smallest absolute Gasteiger partial charge is 0.220 e. The molecule has 1 fully saturated rings. The van der Waals surface area contributed by atoms with Gasteiger partial charge in [-0.15, -0.1) is 0 Å². The Labute approximate surface area is 342 Å². The molecular weight excluding hydrogens is 707 g/mol. The van der Waals surface area contributed by atoms with Crippen molar-refractivity contribution in [2.45, 2.75) is 230 Å². The fourth-order valence-electron chi connectivity index (χ4n) is 6.93. The van der Waals surface area contributed by atoms with Crippen molar-refractivity contribution < 1.29 is 39.8 Å². The predicted molar refractivity (Wildman–Crippen MR) is 230 cm³/mol. The Bertz CT molecular complexity index is 1010. The van der Waals surface area contributed by atoms with Crippen LogP contribution in [0.2, 0.25) is 0 Å². The van der Waals surface area contributed by atoms with Crippen molar-refractivity contribution in [1.82, 2.24) is 5.32 Å². The van der Waals surface area contributed by atoms with Gasteiger partial charge in [-0.05, 0) is 57.8 Å². The second-order valence-corrected chi connectivity index (χ2v) is 15.9. The Hall–Kier alpha value is -1.85. The molecule has 0 radical (unpaired) electrons. The lowest BCUT2D eigenvalue weighted by atomic mass is 9.99. The lowest BCUT2D eigenvalue weighted by Crippen LogP contribution is -2.60. The van der Waals surface area contributed by atoms with Gasteiger partial charge in [0.2, 0.25) is 5.91 Å². The largest absolute Gasteiger partial charge is 0.394 e. The van der Waals surface area contributed by atoms with Gasteiger partial charge >= 0.3 is 0 Å². The highest BCUT2D eigenvalue weighted by atomic mass is 16.7. The predicted octanol–water partition coefficient (Wildman–Crippen LogP) is 9.45. The quantitative estimate of drug-likeness (QED) is 0.0207. The van der Waals surface area contributed by atoms with E-state index in [4.69, 9.17) is 9.47 Å². The summed E-state index contributed by atoms with van der Waals surface area (Å²) >= 11 is 0. The molecule has 1 rings (SSSR count). The van der Waals surface area contributed by atoms with E-state index < -0.39 is 49.5 Å². The van der Waals surface area contributed by atoms with Crippen LogP contribution in [0.15, 0.2) is 48.6 Å². The normalized spacial score (nSPS) is 21.6. The number of aliphatic hydroxyl groups is 5. The van der Waals surface area contributed by atoms with Gasteiger partial charge in [0.15, 0.2) is 6.29 Å². The summed E-state index contributed by atoms with van der Waals surface area (Å²) in [6.07, 6.45) is 40.1. The zero-order valence-corrected chi connectivity index (χ0v) is 35.6. The van der Waals surface area contributed by atoms with E-state index in [1.165, 1.54) is 103 Å². The third kappa shape index (κ3) is 27.7. The van der Waals surface area contributed by atoms with Gasteiger partial charge in [0.1, 0.15) is 24.4 Å². The summed E-state index contributed by atoms with van der Waals surface area (Å²) in [5.74, 6) is -0.200. The zero-order valence-electron chi connectivity index (χ0n) is 35.6. The number of hydrogen-bond acceptors (Lipinski definition) is 8. The number of aliphatic hydroxyl groups excluding tert-OH is 5. The standard InChI is InChI=1S/C47H85NO8/c1-3-5-7-9-11-13-15-17-19-20-21-23-24-26-28-30-32-34-36-41(50)40(39-55-47-46(54)45(53)44(52)42(38-49)56-47)48-43(51)37-35-33-31-29-27-25-22-18-16-14-12-10-8-6-4-2/h12,14,16,18,26,28,34,36,40-42,44-47,49-50,52-54H,3-11,13,15,17,19-25,27,29-33,35,37-39H2,1-2H3,(H,48,51)/b14-12-,18-16-,28-26+,36-34+. The van der Waals surface area contributed by atoms with Crippen LogP contribution in [0.3, 0.4) is 0 Å². The first-order valence-electron chi connectivity index (χ1n) is 22.9. The number of nitrogens with one attached hydrogen (secondary N) is 1. The highest BCUT2D eigenvalue weighted by Gasteiger charge is 2.44. The Balaban J connectivity index is 2.40. The van der Waals surface area contributed by atoms with E-state index in [9.17, 15) is 30.3 Å². The highest BCUT2D eigenvalue weighted by Crippen LogP contribution is 2.22. The molecule has 56 heavy (non-hydrogen) atoms. The molecule has 0 aliphatic carbocycles. The molecule has 7 atom stereocenters. The van der Waals surface area contributed by atoms with Crippen LogP contribution in [0.25, 0.3) is 0 Å². The molecule has 1 heterocycles. The van der Waals surface area contributed by atoms with Gasteiger partial charge in [0.25, 0.3) is 0 Å². The lowest BCUT2D eigenvalue weighted by molar-refractivity contribution is -0.302. The van der Waals surface area contributed by atoms with E-state index >= 15 is 0 Å². The van der Waals surface area contributed by atoms with E-state index in [2.05, 4.69) is 55.6 Å². The van der Waals surface area contributed by atoms with Crippen molar-refractivity contribution in [3.8, 4) is 0 Å². The van der Waals surface area contributed by atoms with Crippen LogP contribution in [0.4, 0.5) is 0 Å². The summed E-state index contributed by atoms with van der Waals surface area (Å²) in [6.45, 7) is 3.71. The number of amides is 1. The Morgan fingerprint density at radius 1 is 0.607 bits per heavy atom. The first kappa shape index (κ1) is 52.2. The summed E-state index contributed by atoms with van der Waals surface area (Å²) in [4.78, 5) is 12.9. The van der Waals surface area contributed by atoms with E-state index in [-0.39, 0.29) is 12.5 Å². The molecule has 9 nitrogen and oxygen atoms in total. The minimum Gasteiger partial charge on any atom is -0.394 e. The molecule has 1 aliphatic heterocycles. The van der Waals surface area contributed by atoms with Crippen LogP contribution in [0.5, 0.6) is 0 Å². The maximum atomic E-state index is 12.9. The molecule has 6 N–H and O–H groups in total. The van der Waals surface area contributed by atoms with Gasteiger partial charge in [-0.2, -0.15) is 0 Å². The molecule has 7 unspecified atom stereocenters. The van der Waals surface area contributed by atoms with Crippen LogP contribution in [0, 0.1) is 0 Å². The van der Waals surface area contributed by atoms with Crippen molar-refractivity contribution in [2.24, 2.45) is 0 Å². The number of allylic oxidation sites excluding steroid dienone is 7. The number of rotatable bonds is 37. The third-order valence-electron chi connectivity index (χ3n) is 10.7. The SMILES string of the molecule is CCCCC/C=C\C=C/CCCCCCCCC(=O)NC(COC1OC(CO)C(O)C(O)C1O)C(O)/C=C/CC/C=C/CCCCCCCCCCCCCC. The highest BCUT2D eigenvalue weighted by molar-refractivity contribution is 5.76. The van der Waals surface area contributed by atoms with Gasteiger partial charge in [-0.1, -0.05) is 172 Å². The summed E-state index contributed by atoms with van der Waals surface area (Å²) in [6, 6.07) is -0.827. The van der Waals surface area contributed by atoms with E-state index in [1.54, 1.807) is 6.08 Å². The molecule has 1 saturated heterocycles. The maximum absolute atomic E-state index is 12.9. The zero-order chi connectivity index (χ0) is 40.9. The molecule has 0 spiro atoms. The lowest BCUT2D eigenvalue weighted by Gasteiger charge is -2.40. The molecule has 0 aromatic rings. The first-order valence-corrected chi connectivity index (χ1v) is 22.9. The minimum absolute atomic E-state index is 0.200. The average Bonchev–Trinajstić information content (AvgIpc) is 3.20. The number of unbranched alkanes of at least 4 members (excludes halogenated alkanes) is 22. The topological polar surface area (TPSA) is 149 Å². The monoisotopic (exact) mass is 792 g/mol. The molecule has 0 aromatic carbocycles. The molecule has 0 saturated carbocycles. The third-order valence-corrected chi connectivity index (χ3v) is 10.7. The summed E-state index contributed by atoms with van der Waals surface area (Å²) in [5, 5.41) is 54.1. The molecular formula is C47H85NO8.